The molecule has 1 fully saturated rings. The fourth-order valence-electron chi connectivity index (χ4n) is 3.50. The van der Waals surface area contributed by atoms with E-state index in [9.17, 15) is 9.18 Å². The number of imidazole rings is 1. The molecule has 0 saturated heterocycles. The first-order valence-corrected chi connectivity index (χ1v) is 9.01. The van der Waals surface area contributed by atoms with Gasteiger partial charge < -0.3 is 5.32 Å². The van der Waals surface area contributed by atoms with Crippen LogP contribution in [0.4, 0.5) is 15.0 Å². The Balaban J connectivity index is 1.65. The minimum absolute atomic E-state index is 0.220. The highest BCUT2D eigenvalue weighted by Crippen LogP contribution is 2.29. The van der Waals surface area contributed by atoms with E-state index in [4.69, 9.17) is 0 Å². The maximum atomic E-state index is 13.3. The van der Waals surface area contributed by atoms with Crippen molar-refractivity contribution in [2.24, 2.45) is 0 Å². The van der Waals surface area contributed by atoms with Gasteiger partial charge in [0.1, 0.15) is 23.0 Å². The molecule has 134 valence electrons. The minimum atomic E-state index is -0.304. The number of aromatic nitrogens is 2. The third-order valence-electron chi connectivity index (χ3n) is 4.82. The largest absolute Gasteiger partial charge is 0.335 e. The van der Waals surface area contributed by atoms with Crippen LogP contribution >= 0.6 is 0 Å². The highest BCUT2D eigenvalue weighted by Gasteiger charge is 2.19. The van der Waals surface area contributed by atoms with Gasteiger partial charge in [0, 0.05) is 17.8 Å². The van der Waals surface area contributed by atoms with E-state index < -0.39 is 0 Å². The van der Waals surface area contributed by atoms with Crippen molar-refractivity contribution < 1.29 is 9.18 Å². The normalized spacial score (nSPS) is 15.1. The van der Waals surface area contributed by atoms with E-state index in [1.807, 2.05) is 28.8 Å². The third-order valence-corrected chi connectivity index (χ3v) is 4.82. The molecular weight excluding hydrogens is 331 g/mol. The van der Waals surface area contributed by atoms with Crippen LogP contribution in [0.5, 0.6) is 0 Å². The number of fused-ring (bicyclic) bond motifs is 1. The maximum Gasteiger partial charge on any atom is 0.320 e. The Morgan fingerprint density at radius 3 is 2.62 bits per heavy atom. The highest BCUT2D eigenvalue weighted by molar-refractivity contribution is 5.93. The topological polar surface area (TPSA) is 58.4 Å². The number of urea groups is 1. The van der Waals surface area contributed by atoms with E-state index in [2.05, 4.69) is 15.6 Å². The molecule has 2 heterocycles. The van der Waals surface area contributed by atoms with Crippen LogP contribution < -0.4 is 10.6 Å². The first kappa shape index (κ1) is 16.6. The number of carbonyl (C=O) groups excluding carboxylic acids is 1. The molecule has 5 nitrogen and oxygen atoms in total. The van der Waals surface area contributed by atoms with E-state index in [1.165, 1.54) is 18.6 Å². The Labute approximate surface area is 151 Å². The number of nitrogens with one attached hydrogen (secondary N) is 2. The quantitative estimate of drug-likeness (QED) is 0.724. The summed E-state index contributed by atoms with van der Waals surface area (Å²) in [5.74, 6) is 0.280. The average Bonchev–Trinajstić information content (AvgIpc) is 3.02. The Morgan fingerprint density at radius 1 is 1.08 bits per heavy atom. The van der Waals surface area contributed by atoms with E-state index >= 15 is 0 Å². The van der Waals surface area contributed by atoms with Crippen molar-refractivity contribution in [2.45, 2.75) is 38.1 Å². The lowest BCUT2D eigenvalue weighted by molar-refractivity contribution is 0.244. The van der Waals surface area contributed by atoms with E-state index in [0.717, 1.165) is 36.9 Å². The standard InChI is InChI=1S/C20H21FN4O/c21-15-11-9-14(10-12-15)18-19(25-13-5-4-8-17(25)23-18)24-20(26)22-16-6-2-1-3-7-16/h4-5,8-13,16H,1-3,6-7H2,(H2,22,24,26). The zero-order chi connectivity index (χ0) is 17.9. The number of nitrogens with zero attached hydrogens (tertiary/aromatic N) is 2. The summed E-state index contributed by atoms with van der Waals surface area (Å²) in [6, 6.07) is 11.8. The number of anilines is 1. The van der Waals surface area contributed by atoms with Crippen molar-refractivity contribution >= 4 is 17.5 Å². The Hall–Kier alpha value is -2.89. The SMILES string of the molecule is O=C(Nc1c(-c2ccc(F)cc2)nc2ccccn12)NC1CCCCC1. The van der Waals surface area contributed by atoms with Gasteiger partial charge in [0.05, 0.1) is 0 Å². The second-order valence-corrected chi connectivity index (χ2v) is 6.68. The third kappa shape index (κ3) is 3.40. The van der Waals surface area contributed by atoms with Gasteiger partial charge in [-0.1, -0.05) is 25.3 Å². The zero-order valence-electron chi connectivity index (χ0n) is 14.4. The van der Waals surface area contributed by atoms with Gasteiger partial charge in [0.25, 0.3) is 0 Å². The number of rotatable bonds is 3. The smallest absolute Gasteiger partial charge is 0.320 e. The Morgan fingerprint density at radius 2 is 1.85 bits per heavy atom. The molecule has 0 aliphatic heterocycles. The minimum Gasteiger partial charge on any atom is -0.335 e. The average molecular weight is 352 g/mol. The van der Waals surface area contributed by atoms with E-state index in [0.29, 0.717) is 11.5 Å². The van der Waals surface area contributed by atoms with Crippen molar-refractivity contribution in [2.75, 3.05) is 5.32 Å². The molecule has 2 N–H and O–H groups in total. The number of amides is 2. The second kappa shape index (κ2) is 7.15. The van der Waals surface area contributed by atoms with Crippen LogP contribution in [0.3, 0.4) is 0 Å². The molecule has 0 bridgehead atoms. The van der Waals surface area contributed by atoms with Gasteiger partial charge in [0.15, 0.2) is 0 Å². The molecule has 6 heteroatoms. The molecule has 26 heavy (non-hydrogen) atoms. The van der Waals surface area contributed by atoms with Gasteiger partial charge in [-0.25, -0.2) is 14.2 Å². The maximum absolute atomic E-state index is 13.3. The molecule has 1 aliphatic rings. The van der Waals surface area contributed by atoms with Gasteiger partial charge in [-0.3, -0.25) is 9.72 Å². The predicted molar refractivity (Wildman–Crippen MR) is 99.6 cm³/mol. The summed E-state index contributed by atoms with van der Waals surface area (Å²) in [6.07, 6.45) is 7.44. The highest BCUT2D eigenvalue weighted by atomic mass is 19.1. The fraction of sp³-hybridized carbons (Fsp3) is 0.300. The van der Waals surface area contributed by atoms with Crippen LogP contribution in [-0.4, -0.2) is 21.5 Å². The predicted octanol–water partition coefficient (Wildman–Crippen LogP) is 4.59. The first-order valence-electron chi connectivity index (χ1n) is 9.01. The van der Waals surface area contributed by atoms with Crippen molar-refractivity contribution in [1.82, 2.24) is 14.7 Å². The van der Waals surface area contributed by atoms with Crippen molar-refractivity contribution in [3.63, 3.8) is 0 Å². The summed E-state index contributed by atoms with van der Waals surface area (Å²) in [5.41, 5.74) is 2.10. The van der Waals surface area contributed by atoms with Gasteiger partial charge in [-0.2, -0.15) is 0 Å². The van der Waals surface area contributed by atoms with Crippen LogP contribution in [0.15, 0.2) is 48.7 Å². The summed E-state index contributed by atoms with van der Waals surface area (Å²) in [5, 5.41) is 6.01. The van der Waals surface area contributed by atoms with Gasteiger partial charge in [-0.15, -0.1) is 0 Å². The van der Waals surface area contributed by atoms with Crippen molar-refractivity contribution in [3.8, 4) is 11.3 Å². The zero-order valence-corrected chi connectivity index (χ0v) is 14.4. The van der Waals surface area contributed by atoms with Crippen molar-refractivity contribution in [3.05, 3.63) is 54.5 Å². The van der Waals surface area contributed by atoms with Gasteiger partial charge in [-0.05, 0) is 49.2 Å². The number of hydrogen-bond donors (Lipinski definition) is 2. The number of hydrogen-bond acceptors (Lipinski definition) is 2. The van der Waals surface area contributed by atoms with Gasteiger partial charge >= 0.3 is 6.03 Å². The number of halogens is 1. The number of benzene rings is 1. The molecular formula is C20H21FN4O. The summed E-state index contributed by atoms with van der Waals surface area (Å²) < 4.78 is 15.1. The molecule has 1 aromatic carbocycles. The summed E-state index contributed by atoms with van der Waals surface area (Å²) >= 11 is 0. The molecule has 0 spiro atoms. The van der Waals surface area contributed by atoms with Crippen molar-refractivity contribution in [1.29, 1.82) is 0 Å². The van der Waals surface area contributed by atoms with Crippen LogP contribution in [0.2, 0.25) is 0 Å². The van der Waals surface area contributed by atoms with E-state index in [-0.39, 0.29) is 17.9 Å². The number of pyridine rings is 1. The van der Waals surface area contributed by atoms with E-state index in [1.54, 1.807) is 12.1 Å². The van der Waals surface area contributed by atoms with Crippen LogP contribution in [0.1, 0.15) is 32.1 Å². The lowest BCUT2D eigenvalue weighted by Gasteiger charge is -2.22. The summed E-state index contributed by atoms with van der Waals surface area (Å²) in [7, 11) is 0. The number of carbonyl (C=O) groups is 1. The molecule has 3 aromatic rings. The second-order valence-electron chi connectivity index (χ2n) is 6.68. The lowest BCUT2D eigenvalue weighted by atomic mass is 9.96. The Kier molecular flexibility index (Phi) is 4.56. The molecule has 0 atom stereocenters. The monoisotopic (exact) mass is 352 g/mol. The fourth-order valence-corrected chi connectivity index (χ4v) is 3.50. The first-order chi connectivity index (χ1) is 12.7. The lowest BCUT2D eigenvalue weighted by Crippen LogP contribution is -2.39. The molecule has 2 amide bonds. The Bertz CT molecular complexity index is 913. The molecule has 1 aliphatic carbocycles. The van der Waals surface area contributed by atoms with Crippen LogP contribution in [-0.2, 0) is 0 Å². The summed E-state index contributed by atoms with van der Waals surface area (Å²) in [6.45, 7) is 0. The molecule has 1 saturated carbocycles. The summed E-state index contributed by atoms with van der Waals surface area (Å²) in [4.78, 5) is 17.1. The molecule has 0 radical (unpaired) electrons. The van der Waals surface area contributed by atoms with Crippen LogP contribution in [0.25, 0.3) is 16.9 Å². The van der Waals surface area contributed by atoms with Crippen LogP contribution in [0, 0.1) is 5.82 Å². The molecule has 0 unspecified atom stereocenters. The van der Waals surface area contributed by atoms with Gasteiger partial charge in [0.2, 0.25) is 0 Å². The molecule has 2 aromatic heterocycles. The molecule has 4 rings (SSSR count).